The van der Waals surface area contributed by atoms with Crippen LogP contribution in [0.5, 0.6) is 0 Å². The second kappa shape index (κ2) is 7.59. The first-order valence-corrected chi connectivity index (χ1v) is 10.3. The molecule has 30 heavy (non-hydrogen) atoms. The number of aromatic nitrogens is 4. The molecule has 4 heterocycles. The van der Waals surface area contributed by atoms with Crippen LogP contribution >= 0.6 is 0 Å². The Kier molecular flexibility index (Phi) is 4.77. The largest absolute Gasteiger partial charge is 0.336 e. The molecular weight excluding hydrogens is 385 g/mol. The molecule has 0 spiro atoms. The van der Waals surface area contributed by atoms with Crippen LogP contribution in [0.1, 0.15) is 48.4 Å². The second-order valence-corrected chi connectivity index (χ2v) is 8.26. The van der Waals surface area contributed by atoms with E-state index in [9.17, 15) is 9.18 Å². The molecule has 8 heteroatoms. The summed E-state index contributed by atoms with van der Waals surface area (Å²) in [6.45, 7) is 1.14. The molecule has 5 rings (SSSR count). The van der Waals surface area contributed by atoms with Crippen LogP contribution in [0.3, 0.4) is 0 Å². The van der Waals surface area contributed by atoms with E-state index >= 15 is 0 Å². The fraction of sp³-hybridized carbons (Fsp3) is 0.409. The topological polar surface area (TPSA) is 85.0 Å². The quantitative estimate of drug-likeness (QED) is 0.642. The number of hydrogen-bond acceptors (Lipinski definition) is 6. The first-order chi connectivity index (χ1) is 14.6. The normalized spacial score (nSPS) is 21.6. The van der Waals surface area contributed by atoms with Crippen LogP contribution in [0, 0.1) is 11.7 Å². The summed E-state index contributed by atoms with van der Waals surface area (Å²) >= 11 is 0. The van der Waals surface area contributed by atoms with E-state index in [0.29, 0.717) is 36.4 Å². The van der Waals surface area contributed by atoms with Crippen molar-refractivity contribution in [2.75, 3.05) is 13.1 Å². The lowest BCUT2D eigenvalue weighted by Crippen LogP contribution is -2.49. The maximum atomic E-state index is 13.2. The SMILES string of the molecule is O=C(c1ccc(F)cn1)N1CCCC(CC2CC2)(c2noc(-c3ccccn3)n2)C1. The third-order valence-corrected chi connectivity index (χ3v) is 5.97. The molecule has 0 radical (unpaired) electrons. The van der Waals surface area contributed by atoms with E-state index in [1.54, 1.807) is 11.1 Å². The van der Waals surface area contributed by atoms with Crippen LogP contribution < -0.4 is 0 Å². The van der Waals surface area contributed by atoms with Crippen LogP contribution in [-0.2, 0) is 5.41 Å². The number of carbonyl (C=O) groups is 1. The highest BCUT2D eigenvalue weighted by atomic mass is 19.1. The lowest BCUT2D eigenvalue weighted by atomic mass is 9.74. The highest BCUT2D eigenvalue weighted by Crippen LogP contribution is 2.46. The van der Waals surface area contributed by atoms with E-state index in [1.807, 2.05) is 18.2 Å². The van der Waals surface area contributed by atoms with Gasteiger partial charge < -0.3 is 9.42 Å². The first kappa shape index (κ1) is 18.8. The van der Waals surface area contributed by atoms with Crippen molar-refractivity contribution in [3.63, 3.8) is 0 Å². The summed E-state index contributed by atoms with van der Waals surface area (Å²) in [5.41, 5.74) is 0.532. The van der Waals surface area contributed by atoms with Crippen LogP contribution in [0.4, 0.5) is 4.39 Å². The molecular formula is C22H22FN5O2. The molecule has 1 aliphatic carbocycles. The summed E-state index contributed by atoms with van der Waals surface area (Å²) in [6.07, 6.45) is 7.82. The number of piperidine rings is 1. The summed E-state index contributed by atoms with van der Waals surface area (Å²) in [5, 5.41) is 4.32. The van der Waals surface area contributed by atoms with Gasteiger partial charge in [-0.15, -0.1) is 0 Å². The number of carbonyl (C=O) groups excluding carboxylic acids is 1. The van der Waals surface area contributed by atoms with Crippen molar-refractivity contribution in [2.45, 2.75) is 37.5 Å². The van der Waals surface area contributed by atoms with Gasteiger partial charge >= 0.3 is 0 Å². The number of halogens is 1. The molecule has 1 atom stereocenters. The van der Waals surface area contributed by atoms with Gasteiger partial charge in [-0.1, -0.05) is 24.1 Å². The molecule has 0 bridgehead atoms. The molecule has 1 unspecified atom stereocenters. The Morgan fingerprint density at radius 1 is 1.23 bits per heavy atom. The van der Waals surface area contributed by atoms with Crippen molar-refractivity contribution in [2.24, 2.45) is 5.92 Å². The number of rotatable bonds is 5. The Labute approximate surface area is 173 Å². The number of pyridine rings is 2. The highest BCUT2D eigenvalue weighted by molar-refractivity contribution is 5.92. The van der Waals surface area contributed by atoms with Crippen molar-refractivity contribution in [3.8, 4) is 11.6 Å². The van der Waals surface area contributed by atoms with Gasteiger partial charge in [0.1, 0.15) is 17.2 Å². The Hall–Kier alpha value is -3.16. The van der Waals surface area contributed by atoms with Gasteiger partial charge in [0.15, 0.2) is 5.82 Å². The summed E-state index contributed by atoms with van der Waals surface area (Å²) in [7, 11) is 0. The number of likely N-dealkylation sites (tertiary alicyclic amines) is 1. The van der Waals surface area contributed by atoms with Crippen molar-refractivity contribution in [1.82, 2.24) is 25.0 Å². The average molecular weight is 407 g/mol. The zero-order chi connectivity index (χ0) is 20.6. The smallest absolute Gasteiger partial charge is 0.276 e. The zero-order valence-electron chi connectivity index (χ0n) is 16.5. The molecule has 3 aromatic heterocycles. The van der Waals surface area contributed by atoms with Gasteiger partial charge in [0.05, 0.1) is 11.6 Å². The summed E-state index contributed by atoms with van der Waals surface area (Å²) in [4.78, 5) is 27.8. The molecule has 1 amide bonds. The zero-order valence-corrected chi connectivity index (χ0v) is 16.5. The van der Waals surface area contributed by atoms with E-state index in [4.69, 9.17) is 9.51 Å². The lowest BCUT2D eigenvalue weighted by molar-refractivity contribution is 0.0601. The van der Waals surface area contributed by atoms with Crippen molar-refractivity contribution in [3.05, 3.63) is 60.1 Å². The Balaban J connectivity index is 1.44. The molecule has 1 saturated carbocycles. The van der Waals surface area contributed by atoms with E-state index in [2.05, 4.69) is 15.1 Å². The van der Waals surface area contributed by atoms with Gasteiger partial charge in [0.25, 0.3) is 11.8 Å². The Bertz CT molecular complexity index is 1040. The number of nitrogens with zero attached hydrogens (tertiary/aromatic N) is 5. The number of amides is 1. The number of hydrogen-bond donors (Lipinski definition) is 0. The molecule has 7 nitrogen and oxygen atoms in total. The van der Waals surface area contributed by atoms with Crippen molar-refractivity contribution >= 4 is 5.91 Å². The van der Waals surface area contributed by atoms with E-state index in [0.717, 1.165) is 25.5 Å². The van der Waals surface area contributed by atoms with Gasteiger partial charge in [-0.2, -0.15) is 4.98 Å². The van der Waals surface area contributed by atoms with Crippen LogP contribution in [0.25, 0.3) is 11.6 Å². The third-order valence-electron chi connectivity index (χ3n) is 5.97. The Morgan fingerprint density at radius 2 is 2.13 bits per heavy atom. The molecule has 1 aliphatic heterocycles. The van der Waals surface area contributed by atoms with Crippen LogP contribution in [0.15, 0.2) is 47.2 Å². The van der Waals surface area contributed by atoms with Crippen molar-refractivity contribution in [1.29, 1.82) is 0 Å². The second-order valence-electron chi connectivity index (χ2n) is 8.26. The minimum atomic E-state index is -0.456. The minimum Gasteiger partial charge on any atom is -0.336 e. The van der Waals surface area contributed by atoms with Crippen molar-refractivity contribution < 1.29 is 13.7 Å². The van der Waals surface area contributed by atoms with Gasteiger partial charge in [-0.25, -0.2) is 9.37 Å². The fourth-order valence-corrected chi connectivity index (χ4v) is 4.32. The Morgan fingerprint density at radius 3 is 2.87 bits per heavy atom. The summed E-state index contributed by atoms with van der Waals surface area (Å²) < 4.78 is 18.8. The lowest BCUT2D eigenvalue weighted by Gasteiger charge is -2.41. The molecule has 3 aromatic rings. The van der Waals surface area contributed by atoms with E-state index in [1.165, 1.54) is 25.0 Å². The maximum Gasteiger partial charge on any atom is 0.276 e. The highest BCUT2D eigenvalue weighted by Gasteiger charge is 2.46. The molecule has 2 aliphatic rings. The van der Waals surface area contributed by atoms with Gasteiger partial charge in [0, 0.05) is 19.3 Å². The fourth-order valence-electron chi connectivity index (χ4n) is 4.32. The molecule has 0 aromatic carbocycles. The van der Waals surface area contributed by atoms with E-state index in [-0.39, 0.29) is 17.0 Å². The molecule has 2 fully saturated rings. The predicted octanol–water partition coefficient (Wildman–Crippen LogP) is 3.64. The third kappa shape index (κ3) is 3.69. The van der Waals surface area contributed by atoms with Gasteiger partial charge in [-0.05, 0) is 49.4 Å². The molecule has 1 saturated heterocycles. The van der Waals surface area contributed by atoms with Crippen LogP contribution in [-0.4, -0.2) is 44.0 Å². The monoisotopic (exact) mass is 407 g/mol. The van der Waals surface area contributed by atoms with E-state index < -0.39 is 5.82 Å². The predicted molar refractivity (Wildman–Crippen MR) is 106 cm³/mol. The molecule has 0 N–H and O–H groups in total. The minimum absolute atomic E-state index is 0.191. The van der Waals surface area contributed by atoms with Gasteiger partial charge in [0.2, 0.25) is 0 Å². The standard InChI is InChI=1S/C22H22FN5O2/c23-16-7-8-18(25-13-16)20(29)28-11-3-9-22(14-28,12-15-5-6-15)21-26-19(30-27-21)17-4-1-2-10-24-17/h1-2,4,7-8,10,13,15H,3,5-6,9,11-12,14H2. The van der Waals surface area contributed by atoms with Crippen LogP contribution in [0.2, 0.25) is 0 Å². The van der Waals surface area contributed by atoms with Gasteiger partial charge in [-0.3, -0.25) is 9.78 Å². The first-order valence-electron chi connectivity index (χ1n) is 10.3. The summed E-state index contributed by atoms with van der Waals surface area (Å²) in [5.74, 6) is 1.01. The average Bonchev–Trinajstić information content (AvgIpc) is 3.44. The molecule has 154 valence electrons. The summed E-state index contributed by atoms with van der Waals surface area (Å²) in [6, 6.07) is 8.25. The maximum absolute atomic E-state index is 13.2.